The van der Waals surface area contributed by atoms with Gasteiger partial charge in [0.05, 0.1) is 26.2 Å². The van der Waals surface area contributed by atoms with Crippen LogP contribution in [-0.4, -0.2) is 61.1 Å². The summed E-state index contributed by atoms with van der Waals surface area (Å²) in [6.45, 7) is 0. The Hall–Kier alpha value is -3.93. The van der Waals surface area contributed by atoms with Crippen LogP contribution in [0.3, 0.4) is 0 Å². The summed E-state index contributed by atoms with van der Waals surface area (Å²) >= 11 is 1.15. The first-order chi connectivity index (χ1) is 15.9. The van der Waals surface area contributed by atoms with E-state index in [9.17, 15) is 4.79 Å². The van der Waals surface area contributed by atoms with Gasteiger partial charge in [-0.1, -0.05) is 23.9 Å². The van der Waals surface area contributed by atoms with Gasteiger partial charge in [0, 0.05) is 31.5 Å². The first-order valence-corrected chi connectivity index (χ1v) is 10.8. The Bertz CT molecular complexity index is 1120. The summed E-state index contributed by atoms with van der Waals surface area (Å²) in [6, 6.07) is 13.0. The van der Waals surface area contributed by atoms with E-state index in [4.69, 9.17) is 15.3 Å². The molecule has 1 aromatic heterocycles. The number of nitrogens with one attached hydrogen (secondary N) is 2. The Morgan fingerprint density at radius 1 is 1.15 bits per heavy atom. The van der Waals surface area contributed by atoms with Crippen molar-refractivity contribution in [2.45, 2.75) is 5.16 Å². The van der Waals surface area contributed by atoms with Crippen LogP contribution in [0.1, 0.15) is 5.56 Å². The molecule has 1 heterocycles. The Kier molecular flexibility index (Phi) is 7.97. The monoisotopic (exact) mass is 470 g/mol. The van der Waals surface area contributed by atoms with E-state index in [-0.39, 0.29) is 17.6 Å². The smallest absolute Gasteiger partial charge is 0.264 e. The molecule has 11 nitrogen and oxygen atoms in total. The number of anilines is 3. The van der Waals surface area contributed by atoms with Gasteiger partial charge in [-0.2, -0.15) is 5.10 Å². The molecule has 0 spiro atoms. The largest absolute Gasteiger partial charge is 0.493 e. The van der Waals surface area contributed by atoms with Gasteiger partial charge in [-0.25, -0.2) is 10.1 Å². The van der Waals surface area contributed by atoms with E-state index in [0.29, 0.717) is 22.3 Å². The third kappa shape index (κ3) is 6.29. The van der Waals surface area contributed by atoms with E-state index < -0.39 is 0 Å². The average molecular weight is 471 g/mol. The topological polar surface area (TPSA) is 132 Å². The summed E-state index contributed by atoms with van der Waals surface area (Å²) in [4.78, 5) is 14.3. The zero-order valence-corrected chi connectivity index (χ0v) is 19.6. The fraction of sp³-hybridized carbons (Fsp3) is 0.238. The molecule has 3 rings (SSSR count). The number of thioether (sulfide) groups is 1. The van der Waals surface area contributed by atoms with Crippen molar-refractivity contribution in [2.24, 2.45) is 5.10 Å². The average Bonchev–Trinajstić information content (AvgIpc) is 3.17. The minimum absolute atomic E-state index is 0.0885. The van der Waals surface area contributed by atoms with Crippen LogP contribution in [0.5, 0.6) is 11.5 Å². The van der Waals surface area contributed by atoms with Crippen LogP contribution in [-0.2, 0) is 4.79 Å². The van der Waals surface area contributed by atoms with Crippen molar-refractivity contribution in [3.63, 3.8) is 0 Å². The van der Waals surface area contributed by atoms with Gasteiger partial charge in [-0.15, -0.1) is 10.2 Å². The minimum Gasteiger partial charge on any atom is -0.493 e. The van der Waals surface area contributed by atoms with Crippen molar-refractivity contribution in [1.82, 2.24) is 14.9 Å². The zero-order chi connectivity index (χ0) is 23.8. The minimum atomic E-state index is -0.232. The van der Waals surface area contributed by atoms with Crippen molar-refractivity contribution in [2.75, 3.05) is 55.6 Å². The lowest BCUT2D eigenvalue weighted by molar-refractivity contribution is -0.113. The summed E-state index contributed by atoms with van der Waals surface area (Å²) in [5.41, 5.74) is 5.35. The molecule has 3 aromatic rings. The highest BCUT2D eigenvalue weighted by molar-refractivity contribution is 7.99. The Morgan fingerprint density at radius 3 is 2.55 bits per heavy atom. The quantitative estimate of drug-likeness (QED) is 0.177. The SMILES string of the molecule is COc1ccc(NC(=O)CSc2nnc(N/N=C/c3ccc(N(C)C)cc3)n2N)cc1OC. The van der Waals surface area contributed by atoms with E-state index in [1.54, 1.807) is 31.5 Å². The molecule has 0 saturated carbocycles. The van der Waals surface area contributed by atoms with E-state index in [0.717, 1.165) is 23.0 Å². The normalized spacial score (nSPS) is 10.8. The highest BCUT2D eigenvalue weighted by Gasteiger charge is 2.13. The van der Waals surface area contributed by atoms with E-state index in [1.807, 2.05) is 43.3 Å². The van der Waals surface area contributed by atoms with Gasteiger partial charge in [0.2, 0.25) is 11.1 Å². The number of methoxy groups -OCH3 is 2. The molecule has 174 valence electrons. The second-order valence-corrected chi connectivity index (χ2v) is 7.88. The number of hydrogen-bond acceptors (Lipinski definition) is 10. The molecular formula is C21H26N8O3S. The zero-order valence-electron chi connectivity index (χ0n) is 18.8. The lowest BCUT2D eigenvalue weighted by atomic mass is 10.2. The summed E-state index contributed by atoms with van der Waals surface area (Å²) in [7, 11) is 7.04. The number of rotatable bonds is 10. The molecule has 0 aliphatic carbocycles. The second-order valence-electron chi connectivity index (χ2n) is 6.94. The van der Waals surface area contributed by atoms with Crippen molar-refractivity contribution < 1.29 is 14.3 Å². The molecule has 0 aliphatic rings. The van der Waals surface area contributed by atoms with Crippen LogP contribution in [0.2, 0.25) is 0 Å². The number of aromatic nitrogens is 3. The molecule has 0 unspecified atom stereocenters. The predicted octanol–water partition coefficient (Wildman–Crippen LogP) is 2.25. The van der Waals surface area contributed by atoms with Crippen LogP contribution >= 0.6 is 11.8 Å². The fourth-order valence-electron chi connectivity index (χ4n) is 2.72. The fourth-order valence-corrected chi connectivity index (χ4v) is 3.37. The van der Waals surface area contributed by atoms with E-state index >= 15 is 0 Å². The highest BCUT2D eigenvalue weighted by Crippen LogP contribution is 2.29. The molecule has 0 aliphatic heterocycles. The van der Waals surface area contributed by atoms with Gasteiger partial charge in [0.1, 0.15) is 0 Å². The molecule has 0 bridgehead atoms. The van der Waals surface area contributed by atoms with Gasteiger partial charge in [0.15, 0.2) is 11.5 Å². The first-order valence-electron chi connectivity index (χ1n) is 9.83. The summed E-state index contributed by atoms with van der Waals surface area (Å²) in [5.74, 6) is 7.22. The number of carbonyl (C=O) groups excluding carboxylic acids is 1. The molecule has 1 amide bonds. The van der Waals surface area contributed by atoms with Gasteiger partial charge < -0.3 is 25.5 Å². The van der Waals surface area contributed by atoms with Crippen LogP contribution in [0.15, 0.2) is 52.7 Å². The van der Waals surface area contributed by atoms with Crippen molar-refractivity contribution in [3.05, 3.63) is 48.0 Å². The summed E-state index contributed by atoms with van der Waals surface area (Å²) in [5, 5.41) is 15.3. The lowest BCUT2D eigenvalue weighted by Crippen LogP contribution is -2.17. The van der Waals surface area contributed by atoms with Gasteiger partial charge in [0.25, 0.3) is 5.95 Å². The molecule has 33 heavy (non-hydrogen) atoms. The molecule has 0 atom stereocenters. The van der Waals surface area contributed by atoms with E-state index in [2.05, 4.69) is 26.0 Å². The summed E-state index contributed by atoms with van der Waals surface area (Å²) in [6.07, 6.45) is 1.65. The van der Waals surface area contributed by atoms with Gasteiger partial charge in [-0.3, -0.25) is 4.79 Å². The van der Waals surface area contributed by atoms with Gasteiger partial charge in [-0.05, 0) is 29.8 Å². The first kappa shape index (κ1) is 23.7. The number of nitrogen functional groups attached to an aromatic ring is 1. The second kappa shape index (κ2) is 11.1. The number of nitrogens with two attached hydrogens (primary N) is 1. The molecule has 0 radical (unpaired) electrons. The summed E-state index contributed by atoms with van der Waals surface area (Å²) < 4.78 is 11.7. The predicted molar refractivity (Wildman–Crippen MR) is 131 cm³/mol. The number of ether oxygens (including phenoxy) is 2. The third-order valence-electron chi connectivity index (χ3n) is 4.45. The van der Waals surface area contributed by atoms with Crippen LogP contribution < -0.4 is 31.0 Å². The standard InChI is InChI=1S/C21H26N8O3S/c1-28(2)16-8-5-14(6-9-16)12-23-25-20-26-27-21(29(20)22)33-13-19(30)24-15-7-10-17(31-3)18(11-15)32-4/h5-12H,13,22H2,1-4H3,(H,24,30)(H,25,26)/b23-12+. The van der Waals surface area contributed by atoms with Crippen molar-refractivity contribution >= 4 is 41.2 Å². The van der Waals surface area contributed by atoms with Crippen molar-refractivity contribution in [3.8, 4) is 11.5 Å². The highest BCUT2D eigenvalue weighted by atomic mass is 32.2. The number of hydrazone groups is 1. The van der Waals surface area contributed by atoms with Gasteiger partial charge >= 0.3 is 0 Å². The molecule has 0 saturated heterocycles. The molecular weight excluding hydrogens is 444 g/mol. The Morgan fingerprint density at radius 2 is 1.88 bits per heavy atom. The Labute approximate surface area is 195 Å². The molecule has 0 fully saturated rings. The number of nitrogens with zero attached hydrogens (tertiary/aromatic N) is 5. The molecule has 12 heteroatoms. The number of amides is 1. The maximum atomic E-state index is 12.3. The number of carbonyl (C=O) groups is 1. The van der Waals surface area contributed by atoms with Crippen LogP contribution in [0.25, 0.3) is 0 Å². The molecule has 2 aromatic carbocycles. The lowest BCUT2D eigenvalue weighted by Gasteiger charge is -2.11. The number of benzene rings is 2. The van der Waals surface area contributed by atoms with Crippen LogP contribution in [0, 0.1) is 0 Å². The van der Waals surface area contributed by atoms with E-state index in [1.165, 1.54) is 11.8 Å². The maximum Gasteiger partial charge on any atom is 0.264 e. The van der Waals surface area contributed by atoms with Crippen molar-refractivity contribution in [1.29, 1.82) is 0 Å². The molecule has 4 N–H and O–H groups in total. The third-order valence-corrected chi connectivity index (χ3v) is 5.39. The number of hydrogen-bond donors (Lipinski definition) is 3. The Balaban J connectivity index is 1.52. The maximum absolute atomic E-state index is 12.3. The van der Waals surface area contributed by atoms with Crippen LogP contribution in [0.4, 0.5) is 17.3 Å².